The van der Waals surface area contributed by atoms with Crippen molar-refractivity contribution in [1.29, 1.82) is 0 Å². The van der Waals surface area contributed by atoms with Crippen LogP contribution in [0.25, 0.3) is 22.1 Å². The number of aliphatic hydroxyl groups is 7. The van der Waals surface area contributed by atoms with Crippen LogP contribution in [0.1, 0.15) is 6.92 Å². The van der Waals surface area contributed by atoms with E-state index in [2.05, 4.69) is 0 Å². The molecule has 2 saturated heterocycles. The fourth-order valence-electron chi connectivity index (χ4n) is 5.12. The number of phenolic OH excluding ortho intramolecular Hbond substituents is 1. The summed E-state index contributed by atoms with van der Waals surface area (Å²) in [6.07, 6.45) is -14.1. The van der Waals surface area contributed by atoms with E-state index in [1.54, 1.807) is 12.1 Å². The molecule has 1 aromatic heterocycles. The van der Waals surface area contributed by atoms with Gasteiger partial charge in [0.15, 0.2) is 17.6 Å². The number of fused-ring (bicyclic) bond motifs is 1. The summed E-state index contributed by atoms with van der Waals surface area (Å²) in [7, 11) is 0. The molecule has 2 aromatic carbocycles. The van der Waals surface area contributed by atoms with Crippen LogP contribution in [0.15, 0.2) is 57.9 Å². The van der Waals surface area contributed by atoms with Gasteiger partial charge in [0.05, 0.1) is 23.7 Å². The largest absolute Gasteiger partial charge is 0.508 e. The second-order valence-corrected chi connectivity index (χ2v) is 10.0. The molecule has 5 rings (SSSR count). The molecular formula is C27H30O13. The van der Waals surface area contributed by atoms with Crippen molar-refractivity contribution in [3.05, 3.63) is 59.0 Å². The zero-order valence-corrected chi connectivity index (χ0v) is 21.1. The predicted octanol–water partition coefficient (Wildman–Crippen LogP) is -1.42. The Balaban J connectivity index is 1.57. The molecule has 2 fully saturated rings. The van der Waals surface area contributed by atoms with Crippen LogP contribution in [0.2, 0.25) is 0 Å². The number of hydrogen-bond donors (Lipinski definition) is 8. The fourth-order valence-corrected chi connectivity index (χ4v) is 5.12. The third kappa shape index (κ3) is 4.64. The van der Waals surface area contributed by atoms with Crippen molar-refractivity contribution >= 4 is 11.0 Å². The van der Waals surface area contributed by atoms with Gasteiger partial charge in [0.1, 0.15) is 60.0 Å². The standard InChI is InChI=1S/C27H30O13/c1-11-19(30)22(33)24(35)26(38-11)27(25(36)23(34)21(32)18(9-28)40-27)39-14-6-7-15-17(8-14)37-10-16(20(15)31)12-2-4-13(29)5-3-12/h2-8,10-11,18-19,21-26,28-30,32-36H,9H2,1H3. The maximum atomic E-state index is 13.2. The first-order chi connectivity index (χ1) is 19.0. The highest BCUT2D eigenvalue weighted by molar-refractivity contribution is 5.82. The van der Waals surface area contributed by atoms with Crippen LogP contribution in [0.4, 0.5) is 0 Å². The summed E-state index contributed by atoms with van der Waals surface area (Å²) < 4.78 is 23.1. The third-order valence-corrected chi connectivity index (χ3v) is 7.43. The van der Waals surface area contributed by atoms with Crippen LogP contribution < -0.4 is 10.2 Å². The minimum absolute atomic E-state index is 0.0290. The van der Waals surface area contributed by atoms with E-state index < -0.39 is 72.8 Å². The van der Waals surface area contributed by atoms with E-state index in [4.69, 9.17) is 18.6 Å². The molecule has 2 aliphatic heterocycles. The number of aromatic hydroxyl groups is 1. The molecule has 0 radical (unpaired) electrons. The second kappa shape index (κ2) is 10.7. The lowest BCUT2D eigenvalue weighted by atomic mass is 9.83. The fraction of sp³-hybridized carbons (Fsp3) is 0.444. The number of ether oxygens (including phenoxy) is 3. The van der Waals surface area contributed by atoms with Gasteiger partial charge in [-0.1, -0.05) is 12.1 Å². The average Bonchev–Trinajstić information content (AvgIpc) is 2.95. The lowest BCUT2D eigenvalue weighted by Gasteiger charge is -2.54. The summed E-state index contributed by atoms with van der Waals surface area (Å²) in [5, 5.41) is 83.0. The highest BCUT2D eigenvalue weighted by Crippen LogP contribution is 2.41. The molecule has 3 aromatic rings. The summed E-state index contributed by atoms with van der Waals surface area (Å²) in [5.41, 5.74) is 0.399. The van der Waals surface area contributed by atoms with Gasteiger partial charge in [-0.05, 0) is 36.8 Å². The minimum atomic E-state index is -2.53. The Morgan fingerprint density at radius 1 is 0.900 bits per heavy atom. The molecule has 0 spiro atoms. The first-order valence-corrected chi connectivity index (χ1v) is 12.5. The Hall–Kier alpha value is -3.11. The van der Waals surface area contributed by atoms with Crippen molar-refractivity contribution < 1.29 is 59.5 Å². The maximum Gasteiger partial charge on any atom is 0.268 e. The summed E-state index contributed by atoms with van der Waals surface area (Å²) in [4.78, 5) is 13.2. The Bertz CT molecular complexity index is 1410. The first-order valence-electron chi connectivity index (χ1n) is 12.5. The molecular weight excluding hydrogens is 532 g/mol. The molecule has 13 nitrogen and oxygen atoms in total. The van der Waals surface area contributed by atoms with Crippen LogP contribution in [0.5, 0.6) is 11.5 Å². The third-order valence-electron chi connectivity index (χ3n) is 7.43. The van der Waals surface area contributed by atoms with Crippen LogP contribution >= 0.6 is 0 Å². The van der Waals surface area contributed by atoms with E-state index in [1.807, 2.05) is 0 Å². The molecule has 10 unspecified atom stereocenters. The summed E-state index contributed by atoms with van der Waals surface area (Å²) >= 11 is 0. The number of aliphatic hydroxyl groups excluding tert-OH is 7. The second-order valence-electron chi connectivity index (χ2n) is 10.0. The van der Waals surface area contributed by atoms with Crippen molar-refractivity contribution in [2.24, 2.45) is 0 Å². The molecule has 10 atom stereocenters. The molecule has 0 bridgehead atoms. The van der Waals surface area contributed by atoms with Gasteiger partial charge in [0.25, 0.3) is 5.79 Å². The van der Waals surface area contributed by atoms with E-state index >= 15 is 0 Å². The van der Waals surface area contributed by atoms with Crippen molar-refractivity contribution in [2.45, 2.75) is 67.6 Å². The molecule has 0 amide bonds. The topological polar surface area (TPSA) is 220 Å². The highest BCUT2D eigenvalue weighted by atomic mass is 16.7. The highest BCUT2D eigenvalue weighted by Gasteiger charge is 2.64. The van der Waals surface area contributed by atoms with Crippen LogP contribution in [0.3, 0.4) is 0 Å². The molecule has 3 heterocycles. The van der Waals surface area contributed by atoms with Crippen molar-refractivity contribution in [2.75, 3.05) is 6.61 Å². The molecule has 0 aliphatic carbocycles. The average molecular weight is 563 g/mol. The smallest absolute Gasteiger partial charge is 0.268 e. The molecule has 2 aliphatic rings. The first kappa shape index (κ1) is 28.4. The molecule has 13 heteroatoms. The van der Waals surface area contributed by atoms with Gasteiger partial charge in [0, 0.05) is 6.07 Å². The maximum absolute atomic E-state index is 13.2. The number of rotatable bonds is 5. The van der Waals surface area contributed by atoms with Gasteiger partial charge >= 0.3 is 0 Å². The molecule has 216 valence electrons. The summed E-state index contributed by atoms with van der Waals surface area (Å²) in [6, 6.07) is 9.93. The Morgan fingerprint density at radius 2 is 1.60 bits per heavy atom. The van der Waals surface area contributed by atoms with E-state index in [-0.39, 0.29) is 28.0 Å². The van der Waals surface area contributed by atoms with E-state index in [0.717, 1.165) is 0 Å². The van der Waals surface area contributed by atoms with Crippen LogP contribution in [-0.2, 0) is 9.47 Å². The van der Waals surface area contributed by atoms with Crippen molar-refractivity contribution in [1.82, 2.24) is 0 Å². The molecule has 40 heavy (non-hydrogen) atoms. The lowest BCUT2D eigenvalue weighted by Crippen LogP contribution is -2.76. The van der Waals surface area contributed by atoms with Gasteiger partial charge in [-0.25, -0.2) is 0 Å². The van der Waals surface area contributed by atoms with Gasteiger partial charge in [0.2, 0.25) is 0 Å². The van der Waals surface area contributed by atoms with Crippen molar-refractivity contribution in [3.8, 4) is 22.6 Å². The van der Waals surface area contributed by atoms with Gasteiger partial charge in [-0.3, -0.25) is 4.79 Å². The van der Waals surface area contributed by atoms with Gasteiger partial charge < -0.3 is 59.5 Å². The van der Waals surface area contributed by atoms with Gasteiger partial charge in [-0.15, -0.1) is 0 Å². The summed E-state index contributed by atoms with van der Waals surface area (Å²) in [5.74, 6) is -2.60. The van der Waals surface area contributed by atoms with Crippen molar-refractivity contribution in [3.63, 3.8) is 0 Å². The summed E-state index contributed by atoms with van der Waals surface area (Å²) in [6.45, 7) is 0.563. The number of benzene rings is 2. The Kier molecular flexibility index (Phi) is 7.60. The van der Waals surface area contributed by atoms with Crippen LogP contribution in [0, 0.1) is 0 Å². The number of hydrogen-bond acceptors (Lipinski definition) is 13. The Labute approximate surface area is 226 Å². The lowest BCUT2D eigenvalue weighted by molar-refractivity contribution is -0.394. The number of phenols is 1. The minimum Gasteiger partial charge on any atom is -0.508 e. The SMILES string of the molecule is CC1OC(C2(Oc3ccc4c(=O)c(-c5ccc(O)cc5)coc4c3)OC(CO)C(O)C(O)C2O)C(O)C(O)C1O. The van der Waals surface area contributed by atoms with E-state index in [0.29, 0.717) is 5.56 Å². The molecule has 0 saturated carbocycles. The van der Waals surface area contributed by atoms with E-state index in [1.165, 1.54) is 43.5 Å². The quantitative estimate of drug-likeness (QED) is 0.179. The van der Waals surface area contributed by atoms with E-state index in [9.17, 15) is 45.6 Å². The monoisotopic (exact) mass is 562 g/mol. The zero-order chi connectivity index (χ0) is 28.9. The normalized spacial score (nSPS) is 36.5. The van der Waals surface area contributed by atoms with Gasteiger partial charge in [-0.2, -0.15) is 0 Å². The molecule has 8 N–H and O–H groups in total. The zero-order valence-electron chi connectivity index (χ0n) is 21.1. The van der Waals surface area contributed by atoms with Crippen LogP contribution in [-0.4, -0.2) is 108 Å². The Morgan fingerprint density at radius 3 is 2.27 bits per heavy atom. The predicted molar refractivity (Wildman–Crippen MR) is 135 cm³/mol.